The molecule has 4 heterocycles. The lowest BCUT2D eigenvalue weighted by Crippen LogP contribution is -2.52. The maximum Gasteiger partial charge on any atom is 0.303 e. The fourth-order valence-corrected chi connectivity index (χ4v) is 8.20. The first kappa shape index (κ1) is 34.5. The number of ether oxygens (including phenoxy) is 5. The van der Waals surface area contributed by atoms with Gasteiger partial charge in [0.15, 0.2) is 34.5 Å². The van der Waals surface area contributed by atoms with Gasteiger partial charge in [0.05, 0.1) is 47.9 Å². The van der Waals surface area contributed by atoms with E-state index in [-0.39, 0.29) is 24.3 Å². The first-order chi connectivity index (χ1) is 24.6. The summed E-state index contributed by atoms with van der Waals surface area (Å²) in [4.78, 5) is 13.8. The Morgan fingerprint density at radius 2 is 1.57 bits per heavy atom. The lowest BCUT2D eigenvalue weighted by molar-refractivity contribution is -0.941. The molecule has 0 fully saturated rings. The Morgan fingerprint density at radius 3 is 2.29 bits per heavy atom. The molecule has 3 unspecified atom stereocenters. The molecule has 10 nitrogen and oxygen atoms in total. The number of hydrogen-bond acceptors (Lipinski definition) is 8. The first-order valence-corrected chi connectivity index (χ1v) is 17.6. The maximum absolute atomic E-state index is 11.8. The highest BCUT2D eigenvalue weighted by atomic mass is 16.5. The van der Waals surface area contributed by atoms with Gasteiger partial charge >= 0.3 is 5.97 Å². The quantitative estimate of drug-likeness (QED) is 0.194. The van der Waals surface area contributed by atoms with Crippen LogP contribution in [0.1, 0.15) is 58.3 Å². The van der Waals surface area contributed by atoms with Crippen LogP contribution in [0.25, 0.3) is 0 Å². The molecule has 4 aliphatic rings. The molecular formula is C41H47N2O8+. The Labute approximate surface area is 299 Å². The molecule has 4 aromatic rings. The summed E-state index contributed by atoms with van der Waals surface area (Å²) >= 11 is 0. The molecule has 3 atom stereocenters. The molecule has 0 radical (unpaired) electrons. The minimum Gasteiger partial charge on any atom is -0.502 e. The Balaban J connectivity index is 1.44. The van der Waals surface area contributed by atoms with Crippen LogP contribution in [0.5, 0.6) is 46.0 Å². The molecule has 51 heavy (non-hydrogen) atoms. The normalized spacial score (nSPS) is 21.0. The summed E-state index contributed by atoms with van der Waals surface area (Å²) in [5.74, 6) is 2.92. The van der Waals surface area contributed by atoms with Crippen molar-refractivity contribution in [2.24, 2.45) is 0 Å². The lowest BCUT2D eigenvalue weighted by Gasteiger charge is -2.46. The summed E-state index contributed by atoms with van der Waals surface area (Å²) in [5, 5.41) is 21.3. The van der Waals surface area contributed by atoms with Crippen molar-refractivity contribution in [2.75, 3.05) is 55.1 Å². The van der Waals surface area contributed by atoms with Crippen molar-refractivity contribution < 1.29 is 43.2 Å². The topological polar surface area (TPSA) is 107 Å². The fraction of sp³-hybridized carbons (Fsp3) is 0.390. The molecule has 6 bridgehead atoms. The van der Waals surface area contributed by atoms with Crippen LogP contribution in [0.4, 0.5) is 0 Å². The van der Waals surface area contributed by atoms with Gasteiger partial charge in [-0.15, -0.1) is 0 Å². The number of quaternary nitrogens is 1. The second-order valence-corrected chi connectivity index (χ2v) is 14.2. The number of methoxy groups -OCH3 is 3. The van der Waals surface area contributed by atoms with Crippen molar-refractivity contribution in [1.82, 2.24) is 4.90 Å². The third-order valence-electron chi connectivity index (χ3n) is 11.1. The van der Waals surface area contributed by atoms with Gasteiger partial charge in [0.25, 0.3) is 0 Å². The van der Waals surface area contributed by atoms with Gasteiger partial charge in [-0.1, -0.05) is 18.2 Å². The van der Waals surface area contributed by atoms with Crippen molar-refractivity contribution in [3.63, 3.8) is 0 Å². The number of likely N-dealkylation sites (N-methyl/N-ethyl adjacent to an activating group) is 2. The Bertz CT molecular complexity index is 1940. The van der Waals surface area contributed by atoms with Crippen LogP contribution in [0.3, 0.4) is 0 Å². The molecule has 8 rings (SSSR count). The largest absolute Gasteiger partial charge is 0.502 e. The zero-order chi connectivity index (χ0) is 35.9. The van der Waals surface area contributed by atoms with Gasteiger partial charge in [-0.3, -0.25) is 9.69 Å². The zero-order valence-electron chi connectivity index (χ0n) is 30.0. The fourth-order valence-electron chi connectivity index (χ4n) is 8.20. The number of aromatic hydroxyl groups is 1. The molecule has 2 N–H and O–H groups in total. The monoisotopic (exact) mass is 695 g/mol. The summed E-state index contributed by atoms with van der Waals surface area (Å²) in [6.45, 7) is 2.39. The molecule has 268 valence electrons. The van der Waals surface area contributed by atoms with Gasteiger partial charge in [0.2, 0.25) is 5.75 Å². The number of phenols is 1. The number of carbonyl (C=O) groups is 1. The zero-order valence-corrected chi connectivity index (χ0v) is 30.0. The lowest BCUT2D eigenvalue weighted by atomic mass is 9.85. The average Bonchev–Trinajstić information content (AvgIpc) is 3.12. The summed E-state index contributed by atoms with van der Waals surface area (Å²) < 4.78 is 31.4. The molecular weight excluding hydrogens is 648 g/mol. The average molecular weight is 696 g/mol. The van der Waals surface area contributed by atoms with E-state index in [1.165, 1.54) is 5.56 Å². The molecule has 0 saturated heterocycles. The Morgan fingerprint density at radius 1 is 0.863 bits per heavy atom. The van der Waals surface area contributed by atoms with Crippen LogP contribution < -0.4 is 23.7 Å². The summed E-state index contributed by atoms with van der Waals surface area (Å²) in [6, 6.07) is 20.2. The van der Waals surface area contributed by atoms with E-state index >= 15 is 0 Å². The van der Waals surface area contributed by atoms with Crippen LogP contribution in [0.15, 0.2) is 60.7 Å². The van der Waals surface area contributed by atoms with E-state index in [0.29, 0.717) is 70.5 Å². The second-order valence-electron chi connectivity index (χ2n) is 14.2. The SMILES string of the molecule is COc1ccc2cc1Oc1ccc(cc1)CC1c3cc(c(OC)cc3CC[N+]1(C)CCCC(=O)O)Oc1c(O)c(OC)cc3c1C(C2)N(C)CC3. The van der Waals surface area contributed by atoms with E-state index in [2.05, 4.69) is 49.3 Å². The smallest absolute Gasteiger partial charge is 0.303 e. The predicted molar refractivity (Wildman–Crippen MR) is 193 cm³/mol. The highest BCUT2D eigenvalue weighted by molar-refractivity contribution is 5.66. The summed E-state index contributed by atoms with van der Waals surface area (Å²) in [5.41, 5.74) is 6.44. The van der Waals surface area contributed by atoms with Crippen LogP contribution in [-0.2, 0) is 30.5 Å². The number of carboxylic acid groups (broad SMARTS) is 1. The van der Waals surface area contributed by atoms with Gasteiger partial charge in [0, 0.05) is 43.0 Å². The van der Waals surface area contributed by atoms with Crippen molar-refractivity contribution in [1.29, 1.82) is 0 Å². The van der Waals surface area contributed by atoms with E-state index in [1.54, 1.807) is 21.3 Å². The van der Waals surface area contributed by atoms with Gasteiger partial charge < -0.3 is 38.4 Å². The molecule has 0 aromatic heterocycles. The summed E-state index contributed by atoms with van der Waals surface area (Å²) in [7, 11) is 9.16. The van der Waals surface area contributed by atoms with E-state index in [0.717, 1.165) is 53.7 Å². The summed E-state index contributed by atoms with van der Waals surface area (Å²) in [6.07, 6.45) is 3.61. The van der Waals surface area contributed by atoms with Crippen molar-refractivity contribution >= 4 is 5.97 Å². The molecule has 0 amide bonds. The van der Waals surface area contributed by atoms with Crippen LogP contribution in [0.2, 0.25) is 0 Å². The van der Waals surface area contributed by atoms with E-state index < -0.39 is 5.97 Å². The number of carboxylic acids is 1. The molecule has 4 aromatic carbocycles. The van der Waals surface area contributed by atoms with E-state index in [1.807, 2.05) is 30.3 Å². The number of hydrogen-bond donors (Lipinski definition) is 2. The molecule has 0 saturated carbocycles. The highest BCUT2D eigenvalue weighted by Crippen LogP contribution is 2.52. The number of fused-ring (bicyclic) bond motifs is 2. The number of rotatable bonds is 7. The minimum atomic E-state index is -0.785. The van der Waals surface area contributed by atoms with Crippen LogP contribution in [-0.4, -0.2) is 80.6 Å². The highest BCUT2D eigenvalue weighted by Gasteiger charge is 2.40. The van der Waals surface area contributed by atoms with E-state index in [4.69, 9.17) is 23.7 Å². The molecule has 0 aliphatic carbocycles. The number of aliphatic carboxylic acids is 1. The van der Waals surface area contributed by atoms with Gasteiger partial charge in [-0.05, 0) is 84.6 Å². The number of phenolic OH excluding ortho intramolecular Hbond substituents is 1. The van der Waals surface area contributed by atoms with Gasteiger partial charge in [-0.2, -0.15) is 0 Å². The van der Waals surface area contributed by atoms with Crippen molar-refractivity contribution in [3.8, 4) is 46.0 Å². The Kier molecular flexibility index (Phi) is 9.48. The van der Waals surface area contributed by atoms with Crippen LogP contribution in [0, 0.1) is 0 Å². The molecule has 10 heteroatoms. The molecule has 0 spiro atoms. The first-order valence-electron chi connectivity index (χ1n) is 17.6. The van der Waals surface area contributed by atoms with E-state index in [9.17, 15) is 15.0 Å². The minimum absolute atomic E-state index is 0.00457. The van der Waals surface area contributed by atoms with Crippen LogP contribution >= 0.6 is 0 Å². The van der Waals surface area contributed by atoms with Gasteiger partial charge in [-0.25, -0.2) is 0 Å². The third kappa shape index (κ3) is 6.66. The van der Waals surface area contributed by atoms with Crippen molar-refractivity contribution in [3.05, 3.63) is 94.0 Å². The Hall–Kier alpha value is -4.93. The molecule has 4 aliphatic heterocycles. The standard InChI is InChI=1S/C41H46N2O8/c1-42-16-14-28-23-37(49-5)40(46)41-39(28)31(42)19-26-10-13-33(47-3)35(21-26)50-29-11-8-25(9-12-29)20-32-30-24-36(51-41)34(48-4)22-27(30)15-18-43(32,2)17-6-7-38(44)45/h8-13,21-24,31-32H,6-7,14-20H2,1-5H3,(H-,44,45,46)/p+1. The number of nitrogens with zero attached hydrogens (tertiary/aromatic N) is 2. The number of benzene rings is 4. The maximum atomic E-state index is 11.8. The van der Waals surface area contributed by atoms with Gasteiger partial charge in [0.1, 0.15) is 11.8 Å². The van der Waals surface area contributed by atoms with Crippen molar-refractivity contribution in [2.45, 2.75) is 50.6 Å². The predicted octanol–water partition coefficient (Wildman–Crippen LogP) is 7.24. The third-order valence-corrected chi connectivity index (χ3v) is 11.1. The second kappa shape index (κ2) is 14.0.